The van der Waals surface area contributed by atoms with Crippen molar-refractivity contribution in [1.82, 2.24) is 29.4 Å². The highest BCUT2D eigenvalue weighted by atomic mass is 16.2. The van der Waals surface area contributed by atoms with E-state index in [0.29, 0.717) is 13.0 Å². The Bertz CT molecular complexity index is 980. The Kier molecular flexibility index (Phi) is 5.17. The first-order valence-corrected chi connectivity index (χ1v) is 9.92. The molecular weight excluding hydrogens is 352 g/mol. The summed E-state index contributed by atoms with van der Waals surface area (Å²) < 4.78 is 3.74. The summed E-state index contributed by atoms with van der Waals surface area (Å²) in [5.41, 5.74) is 5.62. The molecule has 1 amide bonds. The molecule has 3 heterocycles. The summed E-state index contributed by atoms with van der Waals surface area (Å²) in [7, 11) is 1.92. The molecule has 7 heteroatoms. The zero-order chi connectivity index (χ0) is 19.7. The molecule has 2 aromatic heterocycles. The summed E-state index contributed by atoms with van der Waals surface area (Å²) in [5, 5.41) is 8.87. The number of hydrogen-bond donors (Lipinski definition) is 0. The molecule has 4 rings (SSSR count). The van der Waals surface area contributed by atoms with Gasteiger partial charge in [-0.25, -0.2) is 0 Å². The number of hydrogen-bond acceptors (Lipinski definition) is 4. The molecule has 28 heavy (non-hydrogen) atoms. The minimum absolute atomic E-state index is 0.209. The van der Waals surface area contributed by atoms with E-state index in [1.807, 2.05) is 34.4 Å². The number of piperazine rings is 1. The van der Waals surface area contributed by atoms with Crippen LogP contribution in [0.25, 0.3) is 11.0 Å². The topological polar surface area (TPSA) is 59.2 Å². The van der Waals surface area contributed by atoms with Crippen molar-refractivity contribution in [1.29, 1.82) is 0 Å². The van der Waals surface area contributed by atoms with Crippen LogP contribution in [0.4, 0.5) is 0 Å². The van der Waals surface area contributed by atoms with Crippen molar-refractivity contribution < 1.29 is 4.79 Å². The van der Waals surface area contributed by atoms with Crippen molar-refractivity contribution in [3.63, 3.8) is 0 Å². The lowest BCUT2D eigenvalue weighted by atomic mass is 10.1. The molecule has 3 aromatic rings. The summed E-state index contributed by atoms with van der Waals surface area (Å²) in [6.07, 6.45) is 2.30. The van der Waals surface area contributed by atoms with Crippen LogP contribution in [-0.4, -0.2) is 61.4 Å². The number of aromatic nitrogens is 4. The van der Waals surface area contributed by atoms with E-state index in [-0.39, 0.29) is 5.91 Å². The molecule has 1 aliphatic rings. The van der Waals surface area contributed by atoms with Gasteiger partial charge in [-0.05, 0) is 19.4 Å². The first-order chi connectivity index (χ1) is 13.5. The van der Waals surface area contributed by atoms with Crippen LogP contribution in [0.15, 0.2) is 30.5 Å². The fourth-order valence-electron chi connectivity index (χ4n) is 4.06. The minimum Gasteiger partial charge on any atom is -0.340 e. The summed E-state index contributed by atoms with van der Waals surface area (Å²) in [4.78, 5) is 17.1. The summed E-state index contributed by atoms with van der Waals surface area (Å²) in [5.74, 6) is 0.209. The average molecular weight is 380 g/mol. The molecule has 0 bridgehead atoms. The van der Waals surface area contributed by atoms with Gasteiger partial charge < -0.3 is 4.90 Å². The Hall–Kier alpha value is -2.67. The van der Waals surface area contributed by atoms with Crippen molar-refractivity contribution in [3.05, 3.63) is 47.3 Å². The van der Waals surface area contributed by atoms with Crippen molar-refractivity contribution in [2.75, 3.05) is 26.2 Å². The molecule has 7 nitrogen and oxygen atoms in total. The van der Waals surface area contributed by atoms with Gasteiger partial charge in [0.15, 0.2) is 0 Å². The normalized spacial score (nSPS) is 15.5. The maximum atomic E-state index is 12.7. The third-order valence-electron chi connectivity index (χ3n) is 5.56. The third kappa shape index (κ3) is 3.80. The summed E-state index contributed by atoms with van der Waals surface area (Å²) >= 11 is 0. The van der Waals surface area contributed by atoms with Crippen molar-refractivity contribution >= 4 is 16.9 Å². The average Bonchev–Trinajstić information content (AvgIpc) is 3.22. The SMILES string of the molecule is Cc1cccc(CN2CCN(C(=O)CCn3ncc4c3c(C)nn4C)CC2)c1. The van der Waals surface area contributed by atoms with Gasteiger partial charge in [-0.2, -0.15) is 10.2 Å². The Morgan fingerprint density at radius 1 is 1.14 bits per heavy atom. The largest absolute Gasteiger partial charge is 0.340 e. The van der Waals surface area contributed by atoms with Crippen molar-refractivity contribution in [2.24, 2.45) is 7.05 Å². The van der Waals surface area contributed by atoms with E-state index in [2.05, 4.69) is 46.3 Å². The molecule has 0 unspecified atom stereocenters. The first-order valence-electron chi connectivity index (χ1n) is 9.92. The number of carbonyl (C=O) groups excluding carboxylic acids is 1. The number of benzene rings is 1. The zero-order valence-electron chi connectivity index (χ0n) is 16.9. The molecule has 0 saturated carbocycles. The molecule has 0 N–H and O–H groups in total. The van der Waals surface area contributed by atoms with Crippen LogP contribution in [0.1, 0.15) is 23.2 Å². The van der Waals surface area contributed by atoms with Gasteiger partial charge >= 0.3 is 0 Å². The fraction of sp³-hybridized carbons (Fsp3) is 0.476. The second-order valence-corrected chi connectivity index (χ2v) is 7.71. The highest BCUT2D eigenvalue weighted by Gasteiger charge is 2.21. The monoisotopic (exact) mass is 380 g/mol. The maximum Gasteiger partial charge on any atom is 0.224 e. The van der Waals surface area contributed by atoms with E-state index in [4.69, 9.17) is 0 Å². The maximum absolute atomic E-state index is 12.7. The van der Waals surface area contributed by atoms with Crippen LogP contribution in [0.2, 0.25) is 0 Å². The van der Waals surface area contributed by atoms with Crippen molar-refractivity contribution in [3.8, 4) is 0 Å². The van der Waals surface area contributed by atoms with Crippen LogP contribution in [0, 0.1) is 13.8 Å². The lowest BCUT2D eigenvalue weighted by Gasteiger charge is -2.35. The van der Waals surface area contributed by atoms with E-state index in [1.165, 1.54) is 11.1 Å². The van der Waals surface area contributed by atoms with E-state index < -0.39 is 0 Å². The van der Waals surface area contributed by atoms with Crippen LogP contribution < -0.4 is 0 Å². The van der Waals surface area contributed by atoms with Gasteiger partial charge in [0.1, 0.15) is 11.0 Å². The lowest BCUT2D eigenvalue weighted by molar-refractivity contribution is -0.133. The zero-order valence-corrected chi connectivity index (χ0v) is 16.9. The molecule has 1 fully saturated rings. The van der Waals surface area contributed by atoms with Gasteiger partial charge in [0.05, 0.1) is 18.4 Å². The molecule has 1 aliphatic heterocycles. The molecule has 0 radical (unpaired) electrons. The summed E-state index contributed by atoms with van der Waals surface area (Å²) in [6.45, 7) is 9.10. The van der Waals surface area contributed by atoms with Crippen molar-refractivity contribution in [2.45, 2.75) is 33.4 Å². The molecule has 0 spiro atoms. The third-order valence-corrected chi connectivity index (χ3v) is 5.56. The predicted octanol–water partition coefficient (Wildman–Crippen LogP) is 2.12. The van der Waals surface area contributed by atoms with E-state index in [9.17, 15) is 4.79 Å². The number of carbonyl (C=O) groups is 1. The quantitative estimate of drug-likeness (QED) is 0.680. The standard InChI is InChI=1S/C21H28N6O/c1-16-5-4-6-18(13-16)15-25-9-11-26(12-10-25)20(28)7-8-27-21-17(2)23-24(3)19(21)14-22-27/h4-6,13-14H,7-12,15H2,1-3H3. The number of rotatable bonds is 5. The molecule has 0 atom stereocenters. The lowest BCUT2D eigenvalue weighted by Crippen LogP contribution is -2.48. The van der Waals surface area contributed by atoms with Gasteiger partial charge in [-0.15, -0.1) is 0 Å². The highest BCUT2D eigenvalue weighted by Crippen LogP contribution is 2.17. The minimum atomic E-state index is 0.209. The Balaban J connectivity index is 1.29. The molecular formula is C21H28N6O. The molecule has 1 aromatic carbocycles. The van der Waals surface area contributed by atoms with Crippen LogP contribution in [-0.2, 0) is 24.9 Å². The summed E-state index contributed by atoms with van der Waals surface area (Å²) in [6, 6.07) is 8.65. The Labute approximate surface area is 165 Å². The van der Waals surface area contributed by atoms with Crippen LogP contribution in [0.5, 0.6) is 0 Å². The van der Waals surface area contributed by atoms with E-state index >= 15 is 0 Å². The van der Waals surface area contributed by atoms with E-state index in [1.54, 1.807) is 0 Å². The number of nitrogens with zero attached hydrogens (tertiary/aromatic N) is 6. The molecule has 1 saturated heterocycles. The predicted molar refractivity (Wildman–Crippen MR) is 109 cm³/mol. The molecule has 0 aliphatic carbocycles. The van der Waals surface area contributed by atoms with E-state index in [0.717, 1.165) is 49.5 Å². The Morgan fingerprint density at radius 3 is 2.68 bits per heavy atom. The molecule has 148 valence electrons. The van der Waals surface area contributed by atoms with Crippen LogP contribution >= 0.6 is 0 Å². The second kappa shape index (κ2) is 7.75. The number of amides is 1. The fourth-order valence-corrected chi connectivity index (χ4v) is 4.06. The second-order valence-electron chi connectivity index (χ2n) is 7.71. The van der Waals surface area contributed by atoms with Gasteiger partial charge in [-0.1, -0.05) is 29.8 Å². The number of aryl methyl sites for hydroxylation is 4. The van der Waals surface area contributed by atoms with Gasteiger partial charge in [0.2, 0.25) is 5.91 Å². The first kappa shape index (κ1) is 18.7. The van der Waals surface area contributed by atoms with Gasteiger partial charge in [0, 0.05) is 46.2 Å². The number of fused-ring (bicyclic) bond motifs is 1. The smallest absolute Gasteiger partial charge is 0.224 e. The van der Waals surface area contributed by atoms with Crippen LogP contribution in [0.3, 0.4) is 0 Å². The highest BCUT2D eigenvalue weighted by molar-refractivity contribution is 5.78. The van der Waals surface area contributed by atoms with Gasteiger partial charge in [-0.3, -0.25) is 19.1 Å². The van der Waals surface area contributed by atoms with Gasteiger partial charge in [0.25, 0.3) is 0 Å². The Morgan fingerprint density at radius 2 is 1.93 bits per heavy atom.